The molecule has 1 nitrogen and oxygen atoms in total. The summed E-state index contributed by atoms with van der Waals surface area (Å²) in [5.74, 6) is 0.950. The summed E-state index contributed by atoms with van der Waals surface area (Å²) in [6, 6.07) is 7.67. The predicted molar refractivity (Wildman–Crippen MR) is 74.5 cm³/mol. The van der Waals surface area contributed by atoms with E-state index in [-0.39, 0.29) is 0 Å². The number of benzene rings is 1. The molecule has 0 aliphatic carbocycles. The molecular weight excluding hydrogens is 208 g/mol. The Morgan fingerprint density at radius 3 is 2.47 bits per heavy atom. The van der Waals surface area contributed by atoms with Gasteiger partial charge in [-0.1, -0.05) is 64.5 Å². The maximum atomic E-state index is 9.43. The van der Waals surface area contributed by atoms with Crippen LogP contribution in [0, 0.1) is 0 Å². The van der Waals surface area contributed by atoms with Crippen LogP contribution >= 0.6 is 0 Å². The van der Waals surface area contributed by atoms with E-state index < -0.39 is 0 Å². The molecule has 0 heterocycles. The molecule has 17 heavy (non-hydrogen) atoms. The average molecular weight is 234 g/mol. The topological polar surface area (TPSA) is 20.2 Å². The van der Waals surface area contributed by atoms with Crippen LogP contribution < -0.4 is 0 Å². The Morgan fingerprint density at radius 1 is 1.06 bits per heavy atom. The molecule has 0 radical (unpaired) electrons. The number of aromatic hydroxyl groups is 1. The highest BCUT2D eigenvalue weighted by Crippen LogP contribution is 2.24. The van der Waals surface area contributed by atoms with Crippen LogP contribution in [0.4, 0.5) is 0 Å². The van der Waals surface area contributed by atoms with Gasteiger partial charge in [0.25, 0.3) is 0 Å². The molecule has 1 unspecified atom stereocenters. The minimum absolute atomic E-state index is 0.386. The van der Waals surface area contributed by atoms with Crippen LogP contribution in [0.1, 0.15) is 70.3 Å². The highest BCUT2D eigenvalue weighted by Gasteiger charge is 2.05. The van der Waals surface area contributed by atoms with Crippen LogP contribution in [-0.2, 0) is 0 Å². The van der Waals surface area contributed by atoms with Crippen molar-refractivity contribution in [2.24, 2.45) is 0 Å². The predicted octanol–water partition coefficient (Wildman–Crippen LogP) is 5.25. The number of rotatable bonds is 8. The zero-order valence-electron chi connectivity index (χ0n) is 11.3. The maximum absolute atomic E-state index is 9.43. The van der Waals surface area contributed by atoms with Crippen molar-refractivity contribution < 1.29 is 5.11 Å². The van der Waals surface area contributed by atoms with Crippen molar-refractivity contribution in [3.8, 4) is 5.75 Å². The molecule has 1 N–H and O–H groups in total. The van der Waals surface area contributed by atoms with E-state index in [2.05, 4.69) is 19.9 Å². The number of hydrogen-bond acceptors (Lipinski definition) is 1. The first-order valence-electron chi connectivity index (χ1n) is 7.03. The highest BCUT2D eigenvalue weighted by molar-refractivity contribution is 5.29. The fraction of sp³-hybridized carbons (Fsp3) is 0.625. The third-order valence-corrected chi connectivity index (χ3v) is 3.43. The van der Waals surface area contributed by atoms with Gasteiger partial charge in [0.2, 0.25) is 0 Å². The number of phenolic OH excluding ortho intramolecular Hbond substituents is 1. The third-order valence-electron chi connectivity index (χ3n) is 3.43. The average Bonchev–Trinajstić information content (AvgIpc) is 2.33. The van der Waals surface area contributed by atoms with Gasteiger partial charge >= 0.3 is 0 Å². The molecule has 1 atom stereocenters. The molecule has 0 saturated carbocycles. The zero-order valence-corrected chi connectivity index (χ0v) is 11.3. The second kappa shape index (κ2) is 8.16. The lowest BCUT2D eigenvalue weighted by atomic mass is 9.94. The largest absolute Gasteiger partial charge is 0.508 e. The van der Waals surface area contributed by atoms with Gasteiger partial charge in [0.15, 0.2) is 0 Å². The Hall–Kier alpha value is -0.980. The van der Waals surface area contributed by atoms with Crippen molar-refractivity contribution >= 4 is 0 Å². The fourth-order valence-electron chi connectivity index (χ4n) is 2.23. The molecule has 0 amide bonds. The smallest absolute Gasteiger partial charge is 0.115 e. The van der Waals surface area contributed by atoms with E-state index in [0.717, 1.165) is 0 Å². The van der Waals surface area contributed by atoms with Gasteiger partial charge in [0.1, 0.15) is 5.75 Å². The van der Waals surface area contributed by atoms with Gasteiger partial charge in [0.05, 0.1) is 0 Å². The Kier molecular flexibility index (Phi) is 6.76. The summed E-state index contributed by atoms with van der Waals surface area (Å²) < 4.78 is 0. The minimum Gasteiger partial charge on any atom is -0.508 e. The Labute approximate surface area is 106 Å². The lowest BCUT2D eigenvalue weighted by Gasteiger charge is -2.11. The van der Waals surface area contributed by atoms with Gasteiger partial charge in [-0.05, 0) is 30.0 Å². The van der Waals surface area contributed by atoms with Crippen molar-refractivity contribution in [1.82, 2.24) is 0 Å². The standard InChI is InChI=1S/C16H26O/c1-3-4-5-6-7-8-10-14(2)15-11-9-12-16(17)13-15/h9,11-14,17H,3-8,10H2,1-2H3. The van der Waals surface area contributed by atoms with Crippen LogP contribution in [0.2, 0.25) is 0 Å². The summed E-state index contributed by atoms with van der Waals surface area (Å²) in [5.41, 5.74) is 1.26. The second-order valence-electron chi connectivity index (χ2n) is 5.05. The molecule has 0 aromatic heterocycles. The molecule has 0 bridgehead atoms. The third kappa shape index (κ3) is 5.76. The van der Waals surface area contributed by atoms with Gasteiger partial charge in [0, 0.05) is 0 Å². The number of hydrogen-bond donors (Lipinski definition) is 1. The molecule has 1 heteroatoms. The van der Waals surface area contributed by atoms with Gasteiger partial charge in [-0.3, -0.25) is 0 Å². The van der Waals surface area contributed by atoms with Crippen LogP contribution in [0.15, 0.2) is 24.3 Å². The zero-order chi connectivity index (χ0) is 12.5. The highest BCUT2D eigenvalue weighted by atomic mass is 16.3. The summed E-state index contributed by atoms with van der Waals surface area (Å²) in [5, 5.41) is 9.43. The number of unbranched alkanes of at least 4 members (excludes halogenated alkanes) is 5. The lowest BCUT2D eigenvalue weighted by Crippen LogP contribution is -1.93. The van der Waals surface area contributed by atoms with E-state index in [9.17, 15) is 5.11 Å². The van der Waals surface area contributed by atoms with Gasteiger partial charge in [-0.15, -0.1) is 0 Å². The first-order valence-corrected chi connectivity index (χ1v) is 7.03. The molecule has 1 rings (SSSR count). The van der Waals surface area contributed by atoms with Crippen molar-refractivity contribution in [2.75, 3.05) is 0 Å². The summed E-state index contributed by atoms with van der Waals surface area (Å²) in [6.07, 6.45) is 9.35. The molecule has 0 fully saturated rings. The maximum Gasteiger partial charge on any atom is 0.115 e. The van der Waals surface area contributed by atoms with Crippen molar-refractivity contribution in [3.05, 3.63) is 29.8 Å². The van der Waals surface area contributed by atoms with Crippen LogP contribution in [0.5, 0.6) is 5.75 Å². The molecule has 96 valence electrons. The summed E-state index contributed by atoms with van der Waals surface area (Å²) in [4.78, 5) is 0. The van der Waals surface area contributed by atoms with Gasteiger partial charge in [-0.2, -0.15) is 0 Å². The van der Waals surface area contributed by atoms with E-state index in [1.54, 1.807) is 6.07 Å². The van der Waals surface area contributed by atoms with E-state index in [4.69, 9.17) is 0 Å². The summed E-state index contributed by atoms with van der Waals surface area (Å²) in [7, 11) is 0. The normalized spacial score (nSPS) is 12.6. The van der Waals surface area contributed by atoms with E-state index >= 15 is 0 Å². The van der Waals surface area contributed by atoms with Crippen LogP contribution in [-0.4, -0.2) is 5.11 Å². The molecular formula is C16H26O. The molecule has 1 aromatic carbocycles. The number of phenols is 1. The van der Waals surface area contributed by atoms with Gasteiger partial charge in [-0.25, -0.2) is 0 Å². The summed E-state index contributed by atoms with van der Waals surface area (Å²) in [6.45, 7) is 4.50. The molecule has 0 aliphatic heterocycles. The van der Waals surface area contributed by atoms with E-state index in [0.29, 0.717) is 11.7 Å². The van der Waals surface area contributed by atoms with Crippen LogP contribution in [0.3, 0.4) is 0 Å². The van der Waals surface area contributed by atoms with Crippen LogP contribution in [0.25, 0.3) is 0 Å². The SMILES string of the molecule is CCCCCCCCC(C)c1cccc(O)c1. The Balaban J connectivity index is 2.19. The summed E-state index contributed by atoms with van der Waals surface area (Å²) >= 11 is 0. The second-order valence-corrected chi connectivity index (χ2v) is 5.05. The molecule has 1 aromatic rings. The first kappa shape index (κ1) is 14.1. The molecule has 0 spiro atoms. The van der Waals surface area contributed by atoms with E-state index in [1.165, 1.54) is 50.5 Å². The van der Waals surface area contributed by atoms with Crippen molar-refractivity contribution in [2.45, 2.75) is 64.7 Å². The van der Waals surface area contributed by atoms with E-state index in [1.807, 2.05) is 12.1 Å². The Morgan fingerprint density at radius 2 is 1.76 bits per heavy atom. The minimum atomic E-state index is 0.386. The van der Waals surface area contributed by atoms with Crippen molar-refractivity contribution in [3.63, 3.8) is 0 Å². The first-order chi connectivity index (χ1) is 8.24. The van der Waals surface area contributed by atoms with Crippen molar-refractivity contribution in [1.29, 1.82) is 0 Å². The lowest BCUT2D eigenvalue weighted by molar-refractivity contribution is 0.473. The Bertz CT molecular complexity index is 306. The monoisotopic (exact) mass is 234 g/mol. The van der Waals surface area contributed by atoms with Gasteiger partial charge < -0.3 is 5.11 Å². The quantitative estimate of drug-likeness (QED) is 0.609. The fourth-order valence-corrected chi connectivity index (χ4v) is 2.23. The molecule has 0 saturated heterocycles. The molecule has 0 aliphatic rings.